The molecule has 1 aliphatic heterocycles. The van der Waals surface area contributed by atoms with E-state index in [1.54, 1.807) is 0 Å². The van der Waals surface area contributed by atoms with E-state index in [1.807, 2.05) is 25.7 Å². The molecule has 0 aliphatic carbocycles. The zero-order chi connectivity index (χ0) is 20.6. The number of hydrogen-bond acceptors (Lipinski definition) is 6. The van der Waals surface area contributed by atoms with Gasteiger partial charge in [0.05, 0.1) is 0 Å². The van der Waals surface area contributed by atoms with Gasteiger partial charge in [0.1, 0.15) is 5.60 Å². The molecule has 0 unspecified atom stereocenters. The highest BCUT2D eigenvalue weighted by Crippen LogP contribution is 2.19. The van der Waals surface area contributed by atoms with Gasteiger partial charge in [-0.15, -0.1) is 0 Å². The van der Waals surface area contributed by atoms with Crippen molar-refractivity contribution in [3.05, 3.63) is 11.7 Å². The standard InChI is InChI=1S/C20H34N4O4/c1-5-9-16-22-17(28-23-16)11-8-12-18(25)24-13-7-6-10-15(24)14-21-19(26)27-20(2,3)4/h15H,5-14H2,1-4H3,(H,21,26)/t15-/m1/s1. The van der Waals surface area contributed by atoms with Crippen molar-refractivity contribution in [2.75, 3.05) is 13.1 Å². The van der Waals surface area contributed by atoms with Gasteiger partial charge in [-0.25, -0.2) is 4.79 Å². The Balaban J connectivity index is 1.78. The molecule has 8 heteroatoms. The number of piperidine rings is 1. The average Bonchev–Trinajstić information content (AvgIpc) is 3.06. The molecule has 1 aromatic heterocycles. The Morgan fingerprint density at radius 2 is 2.07 bits per heavy atom. The minimum absolute atomic E-state index is 0.0216. The number of nitrogens with one attached hydrogen (secondary N) is 1. The predicted octanol–water partition coefficient (Wildman–Crippen LogP) is 3.25. The van der Waals surface area contributed by atoms with Gasteiger partial charge in [0.15, 0.2) is 5.82 Å². The van der Waals surface area contributed by atoms with Crippen molar-refractivity contribution in [1.29, 1.82) is 0 Å². The molecule has 1 fully saturated rings. The molecule has 0 bridgehead atoms. The van der Waals surface area contributed by atoms with Crippen LogP contribution in [-0.4, -0.2) is 51.8 Å². The van der Waals surface area contributed by atoms with Crippen molar-refractivity contribution in [2.24, 2.45) is 0 Å². The van der Waals surface area contributed by atoms with E-state index >= 15 is 0 Å². The number of likely N-dealkylation sites (tertiary alicyclic amines) is 1. The first-order chi connectivity index (χ1) is 13.3. The highest BCUT2D eigenvalue weighted by Gasteiger charge is 2.27. The Bertz CT molecular complexity index is 638. The number of ether oxygens (including phenoxy) is 1. The number of aryl methyl sites for hydroxylation is 2. The molecule has 1 atom stereocenters. The van der Waals surface area contributed by atoms with Crippen LogP contribution in [0.3, 0.4) is 0 Å². The summed E-state index contributed by atoms with van der Waals surface area (Å²) in [7, 11) is 0. The lowest BCUT2D eigenvalue weighted by atomic mass is 10.0. The lowest BCUT2D eigenvalue weighted by molar-refractivity contribution is -0.134. The van der Waals surface area contributed by atoms with Crippen molar-refractivity contribution < 1.29 is 18.8 Å². The first-order valence-electron chi connectivity index (χ1n) is 10.4. The second-order valence-electron chi connectivity index (χ2n) is 8.33. The molecule has 28 heavy (non-hydrogen) atoms. The maximum Gasteiger partial charge on any atom is 0.407 e. The molecule has 1 N–H and O–H groups in total. The highest BCUT2D eigenvalue weighted by atomic mass is 16.6. The number of amides is 2. The fourth-order valence-electron chi connectivity index (χ4n) is 3.31. The van der Waals surface area contributed by atoms with Crippen molar-refractivity contribution in [1.82, 2.24) is 20.4 Å². The maximum absolute atomic E-state index is 12.7. The normalized spacial score (nSPS) is 17.4. The SMILES string of the molecule is CCCc1noc(CCCC(=O)N2CCCC[C@@H]2CNC(=O)OC(C)(C)C)n1. The van der Waals surface area contributed by atoms with Gasteiger partial charge < -0.3 is 19.5 Å². The zero-order valence-electron chi connectivity index (χ0n) is 17.6. The average molecular weight is 395 g/mol. The lowest BCUT2D eigenvalue weighted by Crippen LogP contribution is -2.49. The topological polar surface area (TPSA) is 97.6 Å². The Morgan fingerprint density at radius 3 is 2.79 bits per heavy atom. The Morgan fingerprint density at radius 1 is 1.29 bits per heavy atom. The number of rotatable bonds is 8. The van der Waals surface area contributed by atoms with E-state index in [2.05, 4.69) is 22.4 Å². The van der Waals surface area contributed by atoms with Crippen LogP contribution in [0, 0.1) is 0 Å². The number of hydrogen-bond donors (Lipinski definition) is 1. The summed E-state index contributed by atoms with van der Waals surface area (Å²) in [5, 5.41) is 6.74. The van der Waals surface area contributed by atoms with Crippen LogP contribution in [-0.2, 0) is 22.4 Å². The molecule has 1 aromatic rings. The summed E-state index contributed by atoms with van der Waals surface area (Å²) in [6.07, 6.45) is 6.02. The van der Waals surface area contributed by atoms with Gasteiger partial charge in [-0.05, 0) is 52.9 Å². The third-order valence-electron chi connectivity index (χ3n) is 4.59. The minimum atomic E-state index is -0.530. The molecule has 2 heterocycles. The van der Waals surface area contributed by atoms with E-state index in [0.29, 0.717) is 31.7 Å². The largest absolute Gasteiger partial charge is 0.444 e. The van der Waals surface area contributed by atoms with E-state index < -0.39 is 11.7 Å². The summed E-state index contributed by atoms with van der Waals surface area (Å²) in [5.74, 6) is 1.44. The van der Waals surface area contributed by atoms with Gasteiger partial charge in [-0.1, -0.05) is 12.1 Å². The van der Waals surface area contributed by atoms with Gasteiger partial charge >= 0.3 is 6.09 Å². The van der Waals surface area contributed by atoms with Crippen molar-refractivity contribution in [3.63, 3.8) is 0 Å². The van der Waals surface area contributed by atoms with Crippen molar-refractivity contribution in [3.8, 4) is 0 Å². The molecule has 2 amide bonds. The van der Waals surface area contributed by atoms with Gasteiger partial charge in [-0.3, -0.25) is 4.79 Å². The molecule has 0 spiro atoms. The lowest BCUT2D eigenvalue weighted by Gasteiger charge is -2.36. The molecule has 1 aliphatic rings. The summed E-state index contributed by atoms with van der Waals surface area (Å²) in [6.45, 7) is 8.72. The monoisotopic (exact) mass is 394 g/mol. The van der Waals surface area contributed by atoms with Gasteiger partial charge in [0, 0.05) is 38.4 Å². The second kappa shape index (κ2) is 10.4. The molecule has 158 valence electrons. The Labute approximate surface area is 167 Å². The maximum atomic E-state index is 12.7. The molecule has 2 rings (SSSR count). The molecule has 0 aromatic carbocycles. The van der Waals surface area contributed by atoms with E-state index in [9.17, 15) is 9.59 Å². The summed E-state index contributed by atoms with van der Waals surface area (Å²) in [6, 6.07) is 0.0216. The first kappa shape index (κ1) is 22.2. The van der Waals surface area contributed by atoms with Gasteiger partial charge in [-0.2, -0.15) is 4.98 Å². The number of alkyl carbamates (subject to hydrolysis) is 1. The molecular formula is C20H34N4O4. The van der Waals surface area contributed by atoms with Crippen LogP contribution in [0.4, 0.5) is 4.79 Å². The molecule has 0 radical (unpaired) electrons. The van der Waals surface area contributed by atoms with Crippen LogP contribution in [0.2, 0.25) is 0 Å². The van der Waals surface area contributed by atoms with Crippen LogP contribution in [0.1, 0.15) is 77.9 Å². The first-order valence-corrected chi connectivity index (χ1v) is 10.4. The quantitative estimate of drug-likeness (QED) is 0.727. The van der Waals surface area contributed by atoms with Crippen molar-refractivity contribution in [2.45, 2.75) is 90.7 Å². The summed E-state index contributed by atoms with van der Waals surface area (Å²) in [4.78, 5) is 30.8. The fourth-order valence-corrected chi connectivity index (χ4v) is 3.31. The minimum Gasteiger partial charge on any atom is -0.444 e. The molecule has 8 nitrogen and oxygen atoms in total. The van der Waals surface area contributed by atoms with E-state index in [-0.39, 0.29) is 11.9 Å². The zero-order valence-corrected chi connectivity index (χ0v) is 17.6. The highest BCUT2D eigenvalue weighted by molar-refractivity contribution is 5.76. The molecular weight excluding hydrogens is 360 g/mol. The predicted molar refractivity (Wildman–Crippen MR) is 105 cm³/mol. The van der Waals surface area contributed by atoms with Crippen LogP contribution in [0.5, 0.6) is 0 Å². The third kappa shape index (κ3) is 7.48. The Kier molecular flexibility index (Phi) is 8.26. The summed E-state index contributed by atoms with van der Waals surface area (Å²) < 4.78 is 10.5. The fraction of sp³-hybridized carbons (Fsp3) is 0.800. The number of carbonyl (C=O) groups is 2. The molecule has 0 saturated carbocycles. The molecule has 1 saturated heterocycles. The van der Waals surface area contributed by atoms with Crippen LogP contribution in [0.25, 0.3) is 0 Å². The van der Waals surface area contributed by atoms with Gasteiger partial charge in [0.2, 0.25) is 11.8 Å². The van der Waals surface area contributed by atoms with Crippen LogP contribution >= 0.6 is 0 Å². The van der Waals surface area contributed by atoms with Gasteiger partial charge in [0.25, 0.3) is 0 Å². The third-order valence-corrected chi connectivity index (χ3v) is 4.59. The Hall–Kier alpha value is -2.12. The summed E-state index contributed by atoms with van der Waals surface area (Å²) >= 11 is 0. The second-order valence-corrected chi connectivity index (χ2v) is 8.33. The van der Waals surface area contributed by atoms with Crippen molar-refractivity contribution >= 4 is 12.0 Å². The number of aromatic nitrogens is 2. The summed E-state index contributed by atoms with van der Waals surface area (Å²) in [5.41, 5.74) is -0.530. The van der Waals surface area contributed by atoms with E-state index in [1.165, 1.54) is 0 Å². The van der Waals surface area contributed by atoms with E-state index in [4.69, 9.17) is 9.26 Å². The van der Waals surface area contributed by atoms with Crippen LogP contribution < -0.4 is 5.32 Å². The van der Waals surface area contributed by atoms with Crippen LogP contribution in [0.15, 0.2) is 4.52 Å². The number of carbonyl (C=O) groups excluding carboxylic acids is 2. The van der Waals surface area contributed by atoms with E-state index in [0.717, 1.165) is 44.5 Å². The smallest absolute Gasteiger partial charge is 0.407 e. The number of nitrogens with zero attached hydrogens (tertiary/aromatic N) is 3.